The molecule has 0 bridgehead atoms. The van der Waals surface area contributed by atoms with E-state index in [0.717, 1.165) is 12.8 Å². The Morgan fingerprint density at radius 2 is 2.05 bits per heavy atom. The topological polar surface area (TPSA) is 82.0 Å². The van der Waals surface area contributed by atoms with Crippen LogP contribution in [0.2, 0.25) is 0 Å². The standard InChI is InChI=1S/C14H26N2O4/c1-12(2,3)20-11(18)16-6-4-5-13(9-16,10-17)14(19)7-15-8-14/h15,17,19H,4-10H2,1-3H3. The van der Waals surface area contributed by atoms with Gasteiger partial charge in [0.05, 0.1) is 12.2 Å². The van der Waals surface area contributed by atoms with Gasteiger partial charge in [-0.05, 0) is 33.6 Å². The predicted octanol–water partition coefficient (Wildman–Crippen LogP) is 0.330. The Balaban J connectivity index is 2.09. The lowest BCUT2D eigenvalue weighted by Gasteiger charge is -2.55. The first-order valence-electron chi connectivity index (χ1n) is 7.23. The molecule has 0 spiro atoms. The molecule has 1 unspecified atom stereocenters. The van der Waals surface area contributed by atoms with E-state index in [-0.39, 0.29) is 12.7 Å². The second-order valence-corrected chi connectivity index (χ2v) is 7.08. The summed E-state index contributed by atoms with van der Waals surface area (Å²) in [5, 5.41) is 23.5. The fourth-order valence-electron chi connectivity index (χ4n) is 3.01. The highest BCUT2D eigenvalue weighted by Gasteiger charge is 2.56. The number of β-amino-alcohol motifs (C(OH)–C–C–N with tert-alkyl or cyclic N) is 1. The average molecular weight is 286 g/mol. The number of hydrogen-bond acceptors (Lipinski definition) is 5. The van der Waals surface area contributed by atoms with E-state index < -0.39 is 16.6 Å². The van der Waals surface area contributed by atoms with Crippen LogP contribution in [0.25, 0.3) is 0 Å². The number of likely N-dealkylation sites (tertiary alicyclic amines) is 1. The molecule has 2 rings (SSSR count). The Kier molecular flexibility index (Phi) is 4.01. The van der Waals surface area contributed by atoms with Gasteiger partial charge in [-0.1, -0.05) is 0 Å². The van der Waals surface area contributed by atoms with Crippen LogP contribution >= 0.6 is 0 Å². The number of nitrogens with zero attached hydrogens (tertiary/aromatic N) is 1. The van der Waals surface area contributed by atoms with Crippen LogP contribution in [0, 0.1) is 5.41 Å². The second-order valence-electron chi connectivity index (χ2n) is 7.08. The molecular formula is C14H26N2O4. The third-order valence-electron chi connectivity index (χ3n) is 4.35. The van der Waals surface area contributed by atoms with Gasteiger partial charge in [0.25, 0.3) is 0 Å². The van der Waals surface area contributed by atoms with E-state index in [1.165, 1.54) is 0 Å². The Hall–Kier alpha value is -0.850. The molecule has 0 aliphatic carbocycles. The van der Waals surface area contributed by atoms with Crippen molar-refractivity contribution in [2.75, 3.05) is 32.8 Å². The van der Waals surface area contributed by atoms with E-state index in [2.05, 4.69) is 5.32 Å². The molecule has 116 valence electrons. The van der Waals surface area contributed by atoms with Crippen molar-refractivity contribution < 1.29 is 19.7 Å². The second kappa shape index (κ2) is 5.16. The van der Waals surface area contributed by atoms with Crippen LogP contribution < -0.4 is 5.32 Å². The number of carbonyl (C=O) groups is 1. The van der Waals surface area contributed by atoms with Gasteiger partial charge < -0.3 is 25.2 Å². The molecule has 2 aliphatic heterocycles. The van der Waals surface area contributed by atoms with E-state index >= 15 is 0 Å². The third-order valence-corrected chi connectivity index (χ3v) is 4.35. The number of nitrogens with one attached hydrogen (secondary N) is 1. The van der Waals surface area contributed by atoms with Crippen molar-refractivity contribution in [1.82, 2.24) is 10.2 Å². The molecule has 2 aliphatic rings. The third kappa shape index (κ3) is 2.77. The quantitative estimate of drug-likeness (QED) is 0.681. The summed E-state index contributed by atoms with van der Waals surface area (Å²) in [6, 6.07) is 0. The van der Waals surface area contributed by atoms with E-state index in [9.17, 15) is 15.0 Å². The van der Waals surface area contributed by atoms with Crippen LogP contribution in [0.3, 0.4) is 0 Å². The lowest BCUT2D eigenvalue weighted by Crippen LogP contribution is -2.73. The van der Waals surface area contributed by atoms with Gasteiger partial charge in [-0.2, -0.15) is 0 Å². The molecule has 0 aromatic heterocycles. The molecule has 0 aromatic carbocycles. The summed E-state index contributed by atoms with van der Waals surface area (Å²) in [5.74, 6) is 0. The maximum absolute atomic E-state index is 12.2. The van der Waals surface area contributed by atoms with Crippen molar-refractivity contribution in [2.24, 2.45) is 5.41 Å². The zero-order valence-electron chi connectivity index (χ0n) is 12.6. The summed E-state index contributed by atoms with van der Waals surface area (Å²) < 4.78 is 5.39. The lowest BCUT2D eigenvalue weighted by molar-refractivity contribution is -0.162. The molecule has 0 radical (unpaired) electrons. The van der Waals surface area contributed by atoms with Crippen LogP contribution in [0.4, 0.5) is 4.79 Å². The first kappa shape index (κ1) is 15.5. The minimum Gasteiger partial charge on any atom is -0.444 e. The first-order valence-corrected chi connectivity index (χ1v) is 7.23. The minimum atomic E-state index is -0.928. The number of carbonyl (C=O) groups excluding carboxylic acids is 1. The van der Waals surface area contributed by atoms with Crippen molar-refractivity contribution >= 4 is 6.09 Å². The summed E-state index contributed by atoms with van der Waals surface area (Å²) in [7, 11) is 0. The molecular weight excluding hydrogens is 260 g/mol. The van der Waals surface area contributed by atoms with Gasteiger partial charge in [0.2, 0.25) is 0 Å². The molecule has 6 heteroatoms. The molecule has 0 aromatic rings. The molecule has 2 heterocycles. The Bertz CT molecular complexity index is 376. The maximum atomic E-state index is 12.2. The van der Waals surface area contributed by atoms with E-state index in [1.54, 1.807) is 4.90 Å². The summed E-state index contributed by atoms with van der Waals surface area (Å²) >= 11 is 0. The molecule has 1 amide bonds. The number of hydrogen-bond donors (Lipinski definition) is 3. The zero-order valence-corrected chi connectivity index (χ0v) is 12.6. The van der Waals surface area contributed by atoms with Crippen molar-refractivity contribution in [3.8, 4) is 0 Å². The lowest BCUT2D eigenvalue weighted by atomic mass is 9.64. The Morgan fingerprint density at radius 1 is 1.40 bits per heavy atom. The molecule has 20 heavy (non-hydrogen) atoms. The largest absolute Gasteiger partial charge is 0.444 e. The van der Waals surface area contributed by atoms with Gasteiger partial charge in [0.15, 0.2) is 0 Å². The van der Waals surface area contributed by atoms with Crippen LogP contribution in [0.5, 0.6) is 0 Å². The number of amides is 1. The van der Waals surface area contributed by atoms with Gasteiger partial charge in [-0.3, -0.25) is 0 Å². The average Bonchev–Trinajstić information content (AvgIpc) is 2.33. The molecule has 6 nitrogen and oxygen atoms in total. The van der Waals surface area contributed by atoms with Gasteiger partial charge in [0, 0.05) is 31.6 Å². The first-order chi connectivity index (χ1) is 9.21. The minimum absolute atomic E-state index is 0.121. The predicted molar refractivity (Wildman–Crippen MR) is 74.4 cm³/mol. The summed E-state index contributed by atoms with van der Waals surface area (Å²) in [5.41, 5.74) is -2.11. The molecule has 2 fully saturated rings. The highest BCUT2D eigenvalue weighted by molar-refractivity contribution is 5.68. The van der Waals surface area contributed by atoms with Crippen LogP contribution in [-0.4, -0.2) is 65.2 Å². The number of aliphatic hydroxyl groups excluding tert-OH is 1. The molecule has 1 atom stereocenters. The fraction of sp³-hybridized carbons (Fsp3) is 0.929. The van der Waals surface area contributed by atoms with Crippen LogP contribution in [0.1, 0.15) is 33.6 Å². The van der Waals surface area contributed by atoms with Crippen molar-refractivity contribution in [1.29, 1.82) is 0 Å². The van der Waals surface area contributed by atoms with Crippen LogP contribution in [-0.2, 0) is 4.74 Å². The zero-order chi connectivity index (χ0) is 15.0. The maximum Gasteiger partial charge on any atom is 0.410 e. The van der Waals surface area contributed by atoms with Crippen LogP contribution in [0.15, 0.2) is 0 Å². The van der Waals surface area contributed by atoms with Crippen molar-refractivity contribution in [2.45, 2.75) is 44.8 Å². The highest BCUT2D eigenvalue weighted by Crippen LogP contribution is 2.42. The van der Waals surface area contributed by atoms with Gasteiger partial charge in [-0.15, -0.1) is 0 Å². The molecule has 0 saturated carbocycles. The monoisotopic (exact) mass is 286 g/mol. The number of rotatable bonds is 2. The molecule has 3 N–H and O–H groups in total. The summed E-state index contributed by atoms with van der Waals surface area (Å²) in [4.78, 5) is 13.8. The summed E-state index contributed by atoms with van der Waals surface area (Å²) in [6.07, 6.45) is 1.12. The SMILES string of the molecule is CC(C)(C)OC(=O)N1CCCC(CO)(C2(O)CNC2)C1. The number of piperidine rings is 1. The van der Waals surface area contributed by atoms with E-state index in [4.69, 9.17) is 4.74 Å². The summed E-state index contributed by atoms with van der Waals surface area (Å²) in [6.45, 7) is 7.26. The van der Waals surface area contributed by atoms with E-state index in [1.807, 2.05) is 20.8 Å². The number of aliphatic hydroxyl groups is 2. The Morgan fingerprint density at radius 3 is 2.50 bits per heavy atom. The van der Waals surface area contributed by atoms with Gasteiger partial charge >= 0.3 is 6.09 Å². The molecule has 2 saturated heterocycles. The van der Waals surface area contributed by atoms with Crippen molar-refractivity contribution in [3.05, 3.63) is 0 Å². The normalized spacial score (nSPS) is 29.8. The van der Waals surface area contributed by atoms with Crippen molar-refractivity contribution in [3.63, 3.8) is 0 Å². The number of ether oxygens (including phenoxy) is 1. The van der Waals surface area contributed by atoms with Gasteiger partial charge in [0.1, 0.15) is 5.60 Å². The fourth-order valence-corrected chi connectivity index (χ4v) is 3.01. The smallest absolute Gasteiger partial charge is 0.410 e. The van der Waals surface area contributed by atoms with E-state index in [0.29, 0.717) is 26.2 Å². The highest BCUT2D eigenvalue weighted by atomic mass is 16.6. The van der Waals surface area contributed by atoms with Gasteiger partial charge in [-0.25, -0.2) is 4.79 Å². The Labute approximate surface area is 120 Å².